The zero-order valence-electron chi connectivity index (χ0n) is 14.4. The number of alkyl halides is 3. The molecule has 0 saturated heterocycles. The van der Waals surface area contributed by atoms with E-state index in [1.165, 1.54) is 0 Å². The Kier molecular flexibility index (Phi) is 6.48. The molecule has 1 aromatic heterocycles. The molecule has 2 N–H and O–H groups in total. The molecule has 0 radical (unpaired) electrons. The molecule has 1 aromatic carbocycles. The van der Waals surface area contributed by atoms with Crippen LogP contribution in [0, 0.1) is 0 Å². The van der Waals surface area contributed by atoms with Crippen LogP contribution in [0.2, 0.25) is 0 Å². The van der Waals surface area contributed by atoms with Gasteiger partial charge in [0.1, 0.15) is 0 Å². The Morgan fingerprint density at radius 1 is 1.12 bits per heavy atom. The van der Waals surface area contributed by atoms with Crippen LogP contribution < -0.4 is 20.3 Å². The molecule has 2 aromatic rings. The molecule has 0 bridgehead atoms. The van der Waals surface area contributed by atoms with Crippen molar-refractivity contribution in [1.29, 1.82) is 0 Å². The van der Waals surface area contributed by atoms with Crippen LogP contribution in [0.5, 0.6) is 11.5 Å². The van der Waals surface area contributed by atoms with E-state index in [0.717, 1.165) is 5.56 Å². The summed E-state index contributed by atoms with van der Waals surface area (Å²) in [6, 6.07) is 5.87. The van der Waals surface area contributed by atoms with E-state index in [-0.39, 0.29) is 12.5 Å². The SMILES string of the molecule is CCOc1ccc(CCNc2nc(C(F)(F)F)cc(=O)[nH]2)cc1OCC. The Bertz CT molecular complexity index is 791. The third kappa shape index (κ3) is 5.40. The van der Waals surface area contributed by atoms with Crippen molar-refractivity contribution in [3.8, 4) is 11.5 Å². The fourth-order valence-corrected chi connectivity index (χ4v) is 2.26. The molecule has 26 heavy (non-hydrogen) atoms. The molecule has 0 atom stereocenters. The van der Waals surface area contributed by atoms with Crippen molar-refractivity contribution in [1.82, 2.24) is 9.97 Å². The molecule has 0 saturated carbocycles. The van der Waals surface area contributed by atoms with Gasteiger partial charge in [0.15, 0.2) is 17.2 Å². The summed E-state index contributed by atoms with van der Waals surface area (Å²) in [5, 5.41) is 2.70. The van der Waals surface area contributed by atoms with E-state index >= 15 is 0 Å². The minimum absolute atomic E-state index is 0.221. The van der Waals surface area contributed by atoms with Crippen molar-refractivity contribution in [2.75, 3.05) is 25.1 Å². The van der Waals surface area contributed by atoms with E-state index in [0.29, 0.717) is 37.2 Å². The number of aromatic amines is 1. The third-order valence-electron chi connectivity index (χ3n) is 3.35. The summed E-state index contributed by atoms with van der Waals surface area (Å²) in [7, 11) is 0. The summed E-state index contributed by atoms with van der Waals surface area (Å²) < 4.78 is 49.1. The highest BCUT2D eigenvalue weighted by atomic mass is 19.4. The van der Waals surface area contributed by atoms with Gasteiger partial charge in [0.2, 0.25) is 5.95 Å². The van der Waals surface area contributed by atoms with Gasteiger partial charge in [0.05, 0.1) is 13.2 Å². The van der Waals surface area contributed by atoms with E-state index in [2.05, 4.69) is 15.3 Å². The summed E-state index contributed by atoms with van der Waals surface area (Å²) >= 11 is 0. The molecule has 6 nitrogen and oxygen atoms in total. The van der Waals surface area contributed by atoms with Gasteiger partial charge in [-0.15, -0.1) is 0 Å². The quantitative estimate of drug-likeness (QED) is 0.745. The first-order valence-electron chi connectivity index (χ1n) is 8.14. The van der Waals surface area contributed by atoms with Crippen LogP contribution >= 0.6 is 0 Å². The number of halogens is 3. The Balaban J connectivity index is 2.05. The maximum Gasteiger partial charge on any atom is 0.433 e. The lowest BCUT2D eigenvalue weighted by atomic mass is 10.1. The maximum absolute atomic E-state index is 12.7. The molecule has 0 spiro atoms. The van der Waals surface area contributed by atoms with E-state index in [1.807, 2.05) is 26.0 Å². The smallest absolute Gasteiger partial charge is 0.433 e. The highest BCUT2D eigenvalue weighted by Gasteiger charge is 2.33. The number of hydrogen-bond donors (Lipinski definition) is 2. The molecule has 0 amide bonds. The Labute approximate surface area is 148 Å². The minimum atomic E-state index is -4.67. The number of ether oxygens (including phenoxy) is 2. The Morgan fingerprint density at radius 3 is 2.46 bits per heavy atom. The number of benzene rings is 1. The number of hydrogen-bond acceptors (Lipinski definition) is 5. The van der Waals surface area contributed by atoms with Gasteiger partial charge >= 0.3 is 6.18 Å². The molecule has 2 rings (SSSR count). The van der Waals surface area contributed by atoms with Crippen LogP contribution in [0.15, 0.2) is 29.1 Å². The molecule has 0 aliphatic heterocycles. The van der Waals surface area contributed by atoms with E-state index in [1.54, 1.807) is 6.07 Å². The number of anilines is 1. The minimum Gasteiger partial charge on any atom is -0.490 e. The van der Waals surface area contributed by atoms with E-state index < -0.39 is 17.4 Å². The van der Waals surface area contributed by atoms with Crippen LogP contribution in [0.4, 0.5) is 19.1 Å². The zero-order valence-corrected chi connectivity index (χ0v) is 14.4. The molecule has 0 aliphatic carbocycles. The molecule has 142 valence electrons. The van der Waals surface area contributed by atoms with Crippen molar-refractivity contribution in [3.63, 3.8) is 0 Å². The Morgan fingerprint density at radius 2 is 1.81 bits per heavy atom. The number of nitrogens with one attached hydrogen (secondary N) is 2. The van der Waals surface area contributed by atoms with Gasteiger partial charge in [-0.3, -0.25) is 9.78 Å². The first-order chi connectivity index (χ1) is 12.3. The number of H-pyrrole nitrogens is 1. The molecule has 9 heteroatoms. The lowest BCUT2D eigenvalue weighted by Gasteiger charge is -2.13. The van der Waals surface area contributed by atoms with Crippen molar-refractivity contribution in [3.05, 3.63) is 45.9 Å². The third-order valence-corrected chi connectivity index (χ3v) is 3.35. The van der Waals surface area contributed by atoms with Crippen LogP contribution in [0.1, 0.15) is 25.1 Å². The first kappa shape index (κ1) is 19.6. The summed E-state index contributed by atoms with van der Waals surface area (Å²) in [4.78, 5) is 17.0. The second-order valence-corrected chi connectivity index (χ2v) is 5.30. The second kappa shape index (κ2) is 8.59. The summed E-state index contributed by atoms with van der Waals surface area (Å²) in [6.45, 7) is 5.01. The van der Waals surface area contributed by atoms with E-state index in [9.17, 15) is 18.0 Å². The molecule has 1 heterocycles. The normalized spacial score (nSPS) is 11.3. The summed E-state index contributed by atoms with van der Waals surface area (Å²) in [6.07, 6.45) is -4.18. The summed E-state index contributed by atoms with van der Waals surface area (Å²) in [5.41, 5.74) is -1.20. The van der Waals surface area contributed by atoms with E-state index in [4.69, 9.17) is 9.47 Å². The number of aromatic nitrogens is 2. The van der Waals surface area contributed by atoms with Crippen molar-refractivity contribution in [2.45, 2.75) is 26.4 Å². The molecular formula is C17H20F3N3O3. The predicted octanol–water partition coefficient (Wildman–Crippen LogP) is 3.24. The fraction of sp³-hybridized carbons (Fsp3) is 0.412. The highest BCUT2D eigenvalue weighted by Crippen LogP contribution is 2.29. The van der Waals surface area contributed by atoms with Crippen LogP contribution in [0.3, 0.4) is 0 Å². The van der Waals surface area contributed by atoms with Crippen molar-refractivity contribution in [2.24, 2.45) is 0 Å². The van der Waals surface area contributed by atoms with Crippen LogP contribution in [-0.2, 0) is 12.6 Å². The molecule has 0 aliphatic rings. The average Bonchev–Trinajstić information content (AvgIpc) is 2.56. The van der Waals surface area contributed by atoms with Gasteiger partial charge in [-0.25, -0.2) is 4.98 Å². The van der Waals surface area contributed by atoms with Gasteiger partial charge in [0.25, 0.3) is 5.56 Å². The van der Waals surface area contributed by atoms with Crippen molar-refractivity contribution < 1.29 is 22.6 Å². The lowest BCUT2D eigenvalue weighted by molar-refractivity contribution is -0.141. The molecule has 0 fully saturated rings. The number of nitrogens with zero attached hydrogens (tertiary/aromatic N) is 1. The zero-order chi connectivity index (χ0) is 19.2. The van der Waals surface area contributed by atoms with Gasteiger partial charge in [0, 0.05) is 12.6 Å². The standard InChI is InChI=1S/C17H20F3N3O3/c1-3-25-12-6-5-11(9-13(12)26-4-2)7-8-21-16-22-14(17(18,19)20)10-15(24)23-16/h5-6,9-10H,3-4,7-8H2,1-2H3,(H2,21,22,23,24). The lowest BCUT2D eigenvalue weighted by Crippen LogP contribution is -2.19. The number of rotatable bonds is 8. The van der Waals surface area contributed by atoms with Crippen molar-refractivity contribution >= 4 is 5.95 Å². The van der Waals surface area contributed by atoms with Gasteiger partial charge in [-0.1, -0.05) is 6.07 Å². The average molecular weight is 371 g/mol. The monoisotopic (exact) mass is 371 g/mol. The van der Waals surface area contributed by atoms with Crippen LogP contribution in [0.25, 0.3) is 0 Å². The Hall–Kier alpha value is -2.71. The molecular weight excluding hydrogens is 351 g/mol. The van der Waals surface area contributed by atoms with Gasteiger partial charge < -0.3 is 14.8 Å². The second-order valence-electron chi connectivity index (χ2n) is 5.30. The highest BCUT2D eigenvalue weighted by molar-refractivity contribution is 5.43. The maximum atomic E-state index is 12.7. The topological polar surface area (TPSA) is 76.2 Å². The fourth-order valence-electron chi connectivity index (χ4n) is 2.26. The molecule has 0 unspecified atom stereocenters. The summed E-state index contributed by atoms with van der Waals surface area (Å²) in [5.74, 6) is 1.02. The predicted molar refractivity (Wildman–Crippen MR) is 90.8 cm³/mol. The van der Waals surface area contributed by atoms with Gasteiger partial charge in [-0.2, -0.15) is 13.2 Å². The first-order valence-corrected chi connectivity index (χ1v) is 8.14. The largest absolute Gasteiger partial charge is 0.490 e. The van der Waals surface area contributed by atoms with Gasteiger partial charge in [-0.05, 0) is 38.0 Å². The van der Waals surface area contributed by atoms with Crippen LogP contribution in [-0.4, -0.2) is 29.7 Å².